The van der Waals surface area contributed by atoms with Crippen molar-refractivity contribution in [2.45, 2.75) is 95.3 Å². The molecule has 3 aliphatic carbocycles. The van der Waals surface area contributed by atoms with Crippen LogP contribution in [0.15, 0.2) is 231 Å². The first-order valence-electron chi connectivity index (χ1n) is 28.6. The minimum atomic E-state index is -0.136. The molecule has 1 aromatic heterocycles. The van der Waals surface area contributed by atoms with Crippen molar-refractivity contribution >= 4 is 38.9 Å². The Morgan fingerprint density at radius 1 is 0.351 bits per heavy atom. The first kappa shape index (κ1) is 47.3. The van der Waals surface area contributed by atoms with Crippen LogP contribution in [0.2, 0.25) is 0 Å². The number of nitrogens with zero attached hydrogens (tertiary/aromatic N) is 2. The van der Waals surface area contributed by atoms with Gasteiger partial charge in [0.1, 0.15) is 0 Å². The summed E-state index contributed by atoms with van der Waals surface area (Å²) in [4.78, 5) is 2.48. The number of hydrogen-bond acceptors (Lipinski definition) is 1. The highest BCUT2D eigenvalue weighted by molar-refractivity contribution is 6.10. The second-order valence-electron chi connectivity index (χ2n) is 22.9. The fourth-order valence-corrected chi connectivity index (χ4v) is 13.8. The van der Waals surface area contributed by atoms with E-state index in [4.69, 9.17) is 0 Å². The maximum atomic E-state index is 2.56. The molecule has 0 N–H and O–H groups in total. The van der Waals surface area contributed by atoms with E-state index in [1.165, 1.54) is 170 Å². The topological polar surface area (TPSA) is 8.17 Å². The predicted molar refractivity (Wildman–Crippen MR) is 326 cm³/mol. The van der Waals surface area contributed by atoms with Crippen molar-refractivity contribution in [3.63, 3.8) is 0 Å². The zero-order valence-electron chi connectivity index (χ0n) is 44.6. The Kier molecular flexibility index (Phi) is 12.1. The molecule has 2 fully saturated rings. The van der Waals surface area contributed by atoms with Gasteiger partial charge in [0, 0.05) is 38.8 Å². The zero-order chi connectivity index (χ0) is 51.5. The molecule has 0 radical (unpaired) electrons. The summed E-state index contributed by atoms with van der Waals surface area (Å²) in [7, 11) is 0. The number of aromatic nitrogens is 1. The fourth-order valence-electron chi connectivity index (χ4n) is 13.8. The van der Waals surface area contributed by atoms with Crippen molar-refractivity contribution in [3.8, 4) is 61.3 Å². The summed E-state index contributed by atoms with van der Waals surface area (Å²) in [5.41, 5.74) is 25.1. The van der Waals surface area contributed by atoms with Crippen LogP contribution in [0.1, 0.15) is 112 Å². The lowest BCUT2D eigenvalue weighted by Crippen LogP contribution is -2.17. The van der Waals surface area contributed by atoms with Gasteiger partial charge < -0.3 is 9.47 Å². The van der Waals surface area contributed by atoms with Crippen molar-refractivity contribution < 1.29 is 0 Å². The Bertz CT molecular complexity index is 3850. The summed E-state index contributed by atoms with van der Waals surface area (Å²) >= 11 is 0. The first-order valence-corrected chi connectivity index (χ1v) is 28.6. The minimum Gasteiger partial charge on any atom is -0.310 e. The highest BCUT2D eigenvalue weighted by Crippen LogP contribution is 2.52. The van der Waals surface area contributed by atoms with Gasteiger partial charge in [0.15, 0.2) is 0 Å². The third-order valence-electron chi connectivity index (χ3n) is 18.0. The summed E-state index contributed by atoms with van der Waals surface area (Å²) in [6.45, 7) is 4.74. The molecule has 0 amide bonds. The lowest BCUT2D eigenvalue weighted by molar-refractivity contribution is 0.444. The number of hydrogen-bond donors (Lipinski definition) is 0. The lowest BCUT2D eigenvalue weighted by atomic mass is 9.82. The van der Waals surface area contributed by atoms with Gasteiger partial charge >= 0.3 is 0 Å². The van der Waals surface area contributed by atoms with Gasteiger partial charge in [-0.2, -0.15) is 0 Å². The fraction of sp³-hybridized carbons (Fsp3) is 0.200. The van der Waals surface area contributed by atoms with Crippen LogP contribution >= 0.6 is 0 Å². The van der Waals surface area contributed by atoms with E-state index in [9.17, 15) is 0 Å². The molecule has 376 valence electrons. The molecular weight excluding hydrogens is 929 g/mol. The molecule has 0 unspecified atom stereocenters. The monoisotopic (exact) mass is 995 g/mol. The van der Waals surface area contributed by atoms with Crippen LogP contribution in [0, 0.1) is 0 Å². The van der Waals surface area contributed by atoms with Gasteiger partial charge in [-0.25, -0.2) is 0 Å². The molecule has 0 spiro atoms. The molecule has 2 heteroatoms. The second kappa shape index (κ2) is 19.7. The molecule has 14 rings (SSSR count). The third kappa shape index (κ3) is 8.60. The van der Waals surface area contributed by atoms with Crippen LogP contribution < -0.4 is 4.90 Å². The third-order valence-corrected chi connectivity index (χ3v) is 18.0. The van der Waals surface area contributed by atoms with Gasteiger partial charge in [-0.15, -0.1) is 0 Å². The molecule has 2 nitrogen and oxygen atoms in total. The molecule has 0 aliphatic heterocycles. The molecule has 77 heavy (non-hydrogen) atoms. The quantitative estimate of drug-likeness (QED) is 0.133. The normalized spacial score (nSPS) is 15.4. The number of anilines is 3. The summed E-state index contributed by atoms with van der Waals surface area (Å²) in [5, 5.41) is 2.82. The van der Waals surface area contributed by atoms with Crippen LogP contribution in [0.25, 0.3) is 83.1 Å². The van der Waals surface area contributed by atoms with Gasteiger partial charge in [-0.05, 0) is 177 Å². The number of benzene rings is 10. The predicted octanol–water partition coefficient (Wildman–Crippen LogP) is 21.3. The Hall–Kier alpha value is -8.20. The summed E-state index contributed by atoms with van der Waals surface area (Å²) in [5.74, 6) is 1.36. The Morgan fingerprint density at radius 3 is 1.39 bits per heavy atom. The second-order valence-corrected chi connectivity index (χ2v) is 22.9. The van der Waals surface area contributed by atoms with Gasteiger partial charge in [0.25, 0.3) is 0 Å². The first-order chi connectivity index (χ1) is 37.9. The van der Waals surface area contributed by atoms with Crippen molar-refractivity contribution in [2.24, 2.45) is 0 Å². The van der Waals surface area contributed by atoms with Crippen molar-refractivity contribution in [1.82, 2.24) is 4.57 Å². The maximum absolute atomic E-state index is 2.56. The minimum absolute atomic E-state index is 0.136. The number of rotatable bonds is 10. The van der Waals surface area contributed by atoms with Gasteiger partial charge in [0.2, 0.25) is 0 Å². The SMILES string of the molecule is CC1(C)c2ccccc2-c2ccc(N(c3ccc(-c4ccc(-c5ccc(-n6c7ccc(C8CCCCC8)cc7c7cc(C8CCCCC8)ccc76)cc5)cc4)cc3)c3cc(-c4ccccc4)ccc3-c3ccccc3)cc21. The zero-order valence-corrected chi connectivity index (χ0v) is 44.6. The van der Waals surface area contributed by atoms with Crippen LogP contribution in [0.3, 0.4) is 0 Å². The smallest absolute Gasteiger partial charge is 0.0546 e. The van der Waals surface area contributed by atoms with E-state index in [0.29, 0.717) is 11.8 Å². The Balaban J connectivity index is 0.797. The molecule has 0 saturated heterocycles. The van der Waals surface area contributed by atoms with Crippen LogP contribution in [-0.2, 0) is 5.41 Å². The van der Waals surface area contributed by atoms with E-state index in [1.54, 1.807) is 0 Å². The lowest BCUT2D eigenvalue weighted by Gasteiger charge is -2.30. The van der Waals surface area contributed by atoms with Gasteiger partial charge in [-0.1, -0.05) is 216 Å². The highest BCUT2D eigenvalue weighted by Gasteiger charge is 2.36. The molecule has 2 saturated carbocycles. The Labute approximate surface area is 455 Å². The van der Waals surface area contributed by atoms with E-state index >= 15 is 0 Å². The van der Waals surface area contributed by atoms with Crippen molar-refractivity contribution in [2.75, 3.05) is 4.90 Å². The van der Waals surface area contributed by atoms with E-state index in [1.807, 2.05) is 0 Å². The Morgan fingerprint density at radius 2 is 0.805 bits per heavy atom. The van der Waals surface area contributed by atoms with E-state index in [0.717, 1.165) is 17.1 Å². The molecule has 1 heterocycles. The standard InChI is InChI=1S/C75H66N2/c1-75(2)70-26-16-15-25-66(70)67-44-42-64(50-71(67)75)76(74-49-61(53-21-11-5-12-22-53)35-43-65(74)58-23-13-6-14-24-58)62-38-31-56(32-39-62)54-27-29-55(30-28-54)57-33-40-63(41-34-57)77-72-45-36-59(51-17-7-3-8-18-51)47-68(72)69-48-60(37-46-73(69)77)52-19-9-4-10-20-52/h5-6,11-16,21-52H,3-4,7-10,17-20H2,1-2H3. The maximum Gasteiger partial charge on any atom is 0.0546 e. The van der Waals surface area contributed by atoms with E-state index < -0.39 is 0 Å². The van der Waals surface area contributed by atoms with Gasteiger partial charge in [-0.3, -0.25) is 0 Å². The molecule has 0 bridgehead atoms. The molecule has 10 aromatic carbocycles. The van der Waals surface area contributed by atoms with E-state index in [-0.39, 0.29) is 5.41 Å². The average molecular weight is 995 g/mol. The molecule has 11 aromatic rings. The van der Waals surface area contributed by atoms with Crippen molar-refractivity contribution in [1.29, 1.82) is 0 Å². The summed E-state index contributed by atoms with van der Waals surface area (Å²) in [6, 6.07) is 87.1. The largest absolute Gasteiger partial charge is 0.310 e. The van der Waals surface area contributed by atoms with Crippen LogP contribution in [0.5, 0.6) is 0 Å². The van der Waals surface area contributed by atoms with Gasteiger partial charge in [0.05, 0.1) is 16.7 Å². The van der Waals surface area contributed by atoms with E-state index in [2.05, 4.69) is 254 Å². The van der Waals surface area contributed by atoms with Crippen LogP contribution in [-0.4, -0.2) is 4.57 Å². The summed E-state index contributed by atoms with van der Waals surface area (Å²) < 4.78 is 2.52. The molecule has 3 aliphatic rings. The molecule has 0 atom stereocenters. The number of fused-ring (bicyclic) bond motifs is 6. The van der Waals surface area contributed by atoms with Crippen molar-refractivity contribution in [3.05, 3.63) is 253 Å². The molecular formula is C75H66N2. The average Bonchev–Trinajstić information content (AvgIpc) is 4.02. The highest BCUT2D eigenvalue weighted by atomic mass is 15.1. The van der Waals surface area contributed by atoms with Crippen LogP contribution in [0.4, 0.5) is 17.1 Å². The summed E-state index contributed by atoms with van der Waals surface area (Å²) in [6.07, 6.45) is 13.4.